The number of likely N-dealkylation sites (tertiary alicyclic amines) is 1. The van der Waals surface area contributed by atoms with Crippen molar-refractivity contribution in [1.82, 2.24) is 9.80 Å². The number of ether oxygens (including phenoxy) is 1. The second-order valence-electron chi connectivity index (χ2n) is 10.4. The lowest BCUT2D eigenvalue weighted by Gasteiger charge is -2.42. The van der Waals surface area contributed by atoms with Gasteiger partial charge >= 0.3 is 5.97 Å². The summed E-state index contributed by atoms with van der Waals surface area (Å²) < 4.78 is 4.75. The fourth-order valence-electron chi connectivity index (χ4n) is 5.77. The fourth-order valence-corrected chi connectivity index (χ4v) is 7.75. The lowest BCUT2D eigenvalue weighted by molar-refractivity contribution is -0.154. The molecule has 33 heavy (non-hydrogen) atoms. The molecule has 0 saturated carbocycles. The molecule has 0 aliphatic carbocycles. The van der Waals surface area contributed by atoms with Crippen molar-refractivity contribution in [2.75, 3.05) is 19.8 Å². The minimum absolute atomic E-state index is 0.121. The van der Waals surface area contributed by atoms with E-state index in [4.69, 9.17) is 4.74 Å². The predicted molar refractivity (Wildman–Crippen MR) is 127 cm³/mol. The second-order valence-corrected chi connectivity index (χ2v) is 11.9. The van der Waals surface area contributed by atoms with Crippen molar-refractivity contribution in [3.8, 4) is 0 Å². The first-order valence-corrected chi connectivity index (χ1v) is 13.0. The number of esters is 1. The van der Waals surface area contributed by atoms with Crippen LogP contribution in [0.25, 0.3) is 0 Å². The van der Waals surface area contributed by atoms with Crippen LogP contribution in [0.1, 0.15) is 53.4 Å². The van der Waals surface area contributed by atoms with E-state index in [-0.39, 0.29) is 29.6 Å². The molecule has 0 aromatic rings. The molecule has 0 aromatic heterocycles. The lowest BCUT2D eigenvalue weighted by atomic mass is 9.78. The average molecular weight is 477 g/mol. The number of fused-ring (bicyclic) bond motifs is 2. The number of cyclic esters (lactones) is 1. The van der Waals surface area contributed by atoms with E-state index in [1.165, 1.54) is 0 Å². The van der Waals surface area contributed by atoms with E-state index in [0.717, 1.165) is 19.3 Å². The van der Waals surface area contributed by atoms with Crippen LogP contribution >= 0.6 is 11.8 Å². The molecular weight excluding hydrogens is 440 g/mol. The first kappa shape index (κ1) is 24.3. The van der Waals surface area contributed by atoms with Gasteiger partial charge in [-0.3, -0.25) is 14.4 Å². The molecule has 1 unspecified atom stereocenters. The van der Waals surface area contributed by atoms with E-state index in [1.807, 2.05) is 45.9 Å². The highest BCUT2D eigenvalue weighted by Gasteiger charge is 2.71. The molecule has 4 rings (SSSR count). The Labute approximate surface area is 200 Å². The number of rotatable bonds is 3. The van der Waals surface area contributed by atoms with Crippen LogP contribution in [-0.4, -0.2) is 80.1 Å². The van der Waals surface area contributed by atoms with E-state index in [9.17, 15) is 19.5 Å². The third-order valence-corrected chi connectivity index (χ3v) is 9.17. The Balaban J connectivity index is 1.87. The zero-order chi connectivity index (χ0) is 24.0. The maximum Gasteiger partial charge on any atom is 0.311 e. The molecule has 0 aromatic carbocycles. The fraction of sp³-hybridized carbons (Fsp3) is 0.720. The van der Waals surface area contributed by atoms with Gasteiger partial charge in [-0.25, -0.2) is 0 Å². The monoisotopic (exact) mass is 476 g/mol. The summed E-state index contributed by atoms with van der Waals surface area (Å²) in [5.74, 6) is -2.06. The molecule has 7 nitrogen and oxygen atoms in total. The van der Waals surface area contributed by atoms with Crippen LogP contribution in [0.5, 0.6) is 0 Å². The normalized spacial score (nSPS) is 36.6. The first-order valence-electron chi connectivity index (χ1n) is 12.1. The Morgan fingerprint density at radius 3 is 2.64 bits per heavy atom. The molecule has 4 aliphatic rings. The summed E-state index contributed by atoms with van der Waals surface area (Å²) in [6.07, 6.45) is 11.3. The molecule has 2 amide bonds. The summed E-state index contributed by atoms with van der Waals surface area (Å²) in [6, 6.07) is -1.25. The number of aliphatic hydroxyl groups excluding tert-OH is 1. The molecular formula is C25H36N2O5S. The number of nitrogens with zero attached hydrogens (tertiary/aromatic N) is 2. The third-order valence-electron chi connectivity index (χ3n) is 7.42. The Bertz CT molecular complexity index is 861. The molecule has 2 saturated heterocycles. The van der Waals surface area contributed by atoms with Crippen LogP contribution in [0.3, 0.4) is 0 Å². The number of carbonyl (C=O) groups is 3. The minimum Gasteiger partial charge on any atom is -0.465 e. The quantitative estimate of drug-likeness (QED) is 0.498. The van der Waals surface area contributed by atoms with Gasteiger partial charge in [-0.05, 0) is 46.5 Å². The SMILES string of the molecule is CC[C@@H](CO)N1C(=O)[C@@H]2[C@@H]3C(=O)OCCCC/C=C\[C@@H]3S[C@@]23C=CCN(C(C)(C)C)C(=O)C13. The molecule has 2 fully saturated rings. The van der Waals surface area contributed by atoms with Crippen molar-refractivity contribution in [3.63, 3.8) is 0 Å². The lowest BCUT2D eigenvalue weighted by Crippen LogP contribution is -2.59. The molecule has 0 radical (unpaired) electrons. The van der Waals surface area contributed by atoms with Gasteiger partial charge in [0, 0.05) is 17.3 Å². The van der Waals surface area contributed by atoms with Gasteiger partial charge in [0.2, 0.25) is 11.8 Å². The van der Waals surface area contributed by atoms with E-state index >= 15 is 0 Å². The van der Waals surface area contributed by atoms with Gasteiger partial charge in [-0.2, -0.15) is 0 Å². The predicted octanol–water partition coefficient (Wildman–Crippen LogP) is 2.53. The standard InChI is InChI=1S/C25H36N2O5S/c1-5-16(15-28)27-20-22(30)26(24(2,3)4)13-10-12-25(20)19(21(27)29)18-17(33-25)11-8-6-7-9-14-32-23(18)31/h8,10-12,16-20,28H,5-7,9,13-15H2,1-4H3/b11-8-/t16-,17-,18+,19-,20?,25-/m0/s1. The van der Waals surface area contributed by atoms with E-state index in [2.05, 4.69) is 6.08 Å². The summed E-state index contributed by atoms with van der Waals surface area (Å²) in [7, 11) is 0. The summed E-state index contributed by atoms with van der Waals surface area (Å²) in [5, 5.41) is 9.89. The van der Waals surface area contributed by atoms with Crippen LogP contribution in [0.15, 0.2) is 24.3 Å². The number of aliphatic hydroxyl groups is 1. The summed E-state index contributed by atoms with van der Waals surface area (Å²) >= 11 is 1.55. The van der Waals surface area contributed by atoms with Crippen molar-refractivity contribution < 1.29 is 24.2 Å². The maximum atomic E-state index is 14.1. The number of thioether (sulfide) groups is 1. The van der Waals surface area contributed by atoms with Gasteiger partial charge in [0.1, 0.15) is 6.04 Å². The number of hydrogen-bond acceptors (Lipinski definition) is 6. The van der Waals surface area contributed by atoms with Crippen molar-refractivity contribution in [2.24, 2.45) is 11.8 Å². The molecule has 4 aliphatic heterocycles. The molecule has 6 atom stereocenters. The topological polar surface area (TPSA) is 87.2 Å². The van der Waals surface area contributed by atoms with E-state index in [1.54, 1.807) is 21.6 Å². The summed E-state index contributed by atoms with van der Waals surface area (Å²) in [5.41, 5.74) is -0.430. The smallest absolute Gasteiger partial charge is 0.311 e. The average Bonchev–Trinajstić information content (AvgIpc) is 3.14. The Hall–Kier alpha value is -1.80. The molecule has 1 spiro atoms. The van der Waals surface area contributed by atoms with Gasteiger partial charge in [0.15, 0.2) is 0 Å². The van der Waals surface area contributed by atoms with Crippen LogP contribution in [0.4, 0.5) is 0 Å². The van der Waals surface area contributed by atoms with Crippen molar-refractivity contribution in [1.29, 1.82) is 0 Å². The van der Waals surface area contributed by atoms with Crippen LogP contribution in [0.2, 0.25) is 0 Å². The maximum absolute atomic E-state index is 14.1. The molecule has 8 heteroatoms. The Kier molecular flexibility index (Phi) is 6.71. The molecule has 0 bridgehead atoms. The highest BCUT2D eigenvalue weighted by Crippen LogP contribution is 2.61. The van der Waals surface area contributed by atoms with Gasteiger partial charge in [-0.1, -0.05) is 31.2 Å². The van der Waals surface area contributed by atoms with Gasteiger partial charge in [0.05, 0.1) is 35.8 Å². The van der Waals surface area contributed by atoms with Crippen molar-refractivity contribution in [3.05, 3.63) is 24.3 Å². The van der Waals surface area contributed by atoms with Gasteiger partial charge in [0.25, 0.3) is 0 Å². The molecule has 4 heterocycles. The minimum atomic E-state index is -0.872. The summed E-state index contributed by atoms with van der Waals surface area (Å²) in [4.78, 5) is 44.8. The number of hydrogen-bond donors (Lipinski definition) is 1. The molecule has 1 N–H and O–H groups in total. The van der Waals surface area contributed by atoms with Gasteiger partial charge in [-0.15, -0.1) is 11.8 Å². The highest BCUT2D eigenvalue weighted by atomic mass is 32.2. The first-order chi connectivity index (χ1) is 15.7. The second kappa shape index (κ2) is 9.10. The molecule has 182 valence electrons. The van der Waals surface area contributed by atoms with Crippen molar-refractivity contribution >= 4 is 29.5 Å². The van der Waals surface area contributed by atoms with Crippen LogP contribution in [0, 0.1) is 11.8 Å². The van der Waals surface area contributed by atoms with Crippen LogP contribution < -0.4 is 0 Å². The Morgan fingerprint density at radius 2 is 1.97 bits per heavy atom. The number of carbonyl (C=O) groups excluding carboxylic acids is 3. The number of allylic oxidation sites excluding steroid dienone is 1. The van der Waals surface area contributed by atoms with Crippen LogP contribution in [-0.2, 0) is 19.1 Å². The van der Waals surface area contributed by atoms with E-state index < -0.39 is 34.2 Å². The highest BCUT2D eigenvalue weighted by molar-refractivity contribution is 8.02. The van der Waals surface area contributed by atoms with Crippen molar-refractivity contribution in [2.45, 2.75) is 81.0 Å². The van der Waals surface area contributed by atoms with Gasteiger partial charge < -0.3 is 19.6 Å². The zero-order valence-corrected chi connectivity index (χ0v) is 20.8. The van der Waals surface area contributed by atoms with E-state index in [0.29, 0.717) is 19.6 Å². The largest absolute Gasteiger partial charge is 0.465 e. The Morgan fingerprint density at radius 1 is 1.21 bits per heavy atom. The third kappa shape index (κ3) is 3.93. The number of amides is 2. The summed E-state index contributed by atoms with van der Waals surface area (Å²) in [6.45, 7) is 8.44. The zero-order valence-electron chi connectivity index (χ0n) is 20.0.